The third kappa shape index (κ3) is 3.48. The van der Waals surface area contributed by atoms with Gasteiger partial charge in [-0.2, -0.15) is 4.31 Å². The minimum atomic E-state index is -3.16. The van der Waals surface area contributed by atoms with Crippen molar-refractivity contribution in [3.63, 3.8) is 0 Å². The van der Waals surface area contributed by atoms with Gasteiger partial charge in [0.05, 0.1) is 11.1 Å². The highest BCUT2D eigenvalue weighted by molar-refractivity contribution is 7.89. The summed E-state index contributed by atoms with van der Waals surface area (Å²) in [5.41, 5.74) is 2.30. The molecular weight excluding hydrogens is 418 g/mol. The molecule has 4 heterocycles. The normalized spacial score (nSPS) is 18.0. The highest BCUT2D eigenvalue weighted by Gasteiger charge is 2.29. The van der Waals surface area contributed by atoms with Gasteiger partial charge in [0.25, 0.3) is 0 Å². The summed E-state index contributed by atoms with van der Waals surface area (Å²) in [6.45, 7) is 3.98. The lowest BCUT2D eigenvalue weighted by Gasteiger charge is -2.35. The highest BCUT2D eigenvalue weighted by atomic mass is 32.2. The molecule has 0 N–H and O–H groups in total. The molecule has 3 aromatic rings. The fourth-order valence-electron chi connectivity index (χ4n) is 4.35. The Hall–Kier alpha value is -2.10. The molecule has 7 nitrogen and oxygen atoms in total. The van der Waals surface area contributed by atoms with Gasteiger partial charge in [-0.3, -0.25) is 4.98 Å². The molecule has 0 atom stereocenters. The van der Waals surface area contributed by atoms with Crippen molar-refractivity contribution >= 4 is 37.4 Å². The first-order valence-electron chi connectivity index (χ1n) is 10.5. The number of pyridine rings is 1. The summed E-state index contributed by atoms with van der Waals surface area (Å²) in [4.78, 5) is 18.8. The second-order valence-electron chi connectivity index (χ2n) is 7.79. The van der Waals surface area contributed by atoms with Gasteiger partial charge in [-0.15, -0.1) is 11.3 Å². The summed E-state index contributed by atoms with van der Waals surface area (Å²) < 4.78 is 26.2. The van der Waals surface area contributed by atoms with E-state index >= 15 is 0 Å². The van der Waals surface area contributed by atoms with Gasteiger partial charge in [0, 0.05) is 49.0 Å². The second kappa shape index (κ2) is 7.86. The number of nitrogens with zero attached hydrogens (tertiary/aromatic N) is 5. The van der Waals surface area contributed by atoms with Crippen LogP contribution in [0.2, 0.25) is 0 Å². The van der Waals surface area contributed by atoms with E-state index in [1.807, 2.05) is 12.1 Å². The average Bonchev–Trinajstić information content (AvgIpc) is 3.18. The third-order valence-electron chi connectivity index (χ3n) is 6.01. The minimum Gasteiger partial charge on any atom is -0.353 e. The Bertz CT molecular complexity index is 1170. The zero-order chi connectivity index (χ0) is 20.7. The van der Waals surface area contributed by atoms with Crippen LogP contribution in [0.1, 0.15) is 30.2 Å². The fourth-order valence-corrected chi connectivity index (χ4v) is 6.69. The van der Waals surface area contributed by atoms with Gasteiger partial charge < -0.3 is 4.90 Å². The predicted octanol–water partition coefficient (Wildman–Crippen LogP) is 3.10. The maximum atomic E-state index is 12.3. The summed E-state index contributed by atoms with van der Waals surface area (Å²) in [7, 11) is -3.16. The topological polar surface area (TPSA) is 79.3 Å². The van der Waals surface area contributed by atoms with Crippen molar-refractivity contribution in [1.29, 1.82) is 0 Å². The molecule has 0 unspecified atom stereocenters. The van der Waals surface area contributed by atoms with Crippen LogP contribution < -0.4 is 4.90 Å². The lowest BCUT2D eigenvalue weighted by molar-refractivity contribution is 0.385. The SMILES string of the molecule is CCS(=O)(=O)N1CCN(c2nc(-c3cccnc3)nc3sc4c(c23)CCCC4)CC1. The molecule has 5 rings (SSSR count). The van der Waals surface area contributed by atoms with Crippen molar-refractivity contribution < 1.29 is 8.42 Å². The molecule has 9 heteroatoms. The Morgan fingerprint density at radius 2 is 1.90 bits per heavy atom. The van der Waals surface area contributed by atoms with Crippen LogP contribution in [-0.2, 0) is 22.9 Å². The number of sulfonamides is 1. The smallest absolute Gasteiger partial charge is 0.213 e. The molecule has 0 radical (unpaired) electrons. The fraction of sp³-hybridized carbons (Fsp3) is 0.476. The molecule has 158 valence electrons. The Balaban J connectivity index is 1.58. The van der Waals surface area contributed by atoms with Crippen molar-refractivity contribution in [3.05, 3.63) is 35.0 Å². The predicted molar refractivity (Wildman–Crippen MR) is 121 cm³/mol. The molecule has 1 saturated heterocycles. The van der Waals surface area contributed by atoms with E-state index in [9.17, 15) is 8.42 Å². The lowest BCUT2D eigenvalue weighted by Crippen LogP contribution is -2.49. The molecular formula is C21H25N5O2S2. The molecule has 30 heavy (non-hydrogen) atoms. The summed E-state index contributed by atoms with van der Waals surface area (Å²) in [5, 5.41) is 1.18. The average molecular weight is 444 g/mol. The first-order valence-corrected chi connectivity index (χ1v) is 12.9. The quantitative estimate of drug-likeness (QED) is 0.617. The number of piperazine rings is 1. The van der Waals surface area contributed by atoms with Crippen LogP contribution in [-0.4, -0.2) is 59.6 Å². The van der Waals surface area contributed by atoms with Crippen LogP contribution in [0, 0.1) is 0 Å². The molecule has 0 amide bonds. The van der Waals surface area contributed by atoms with Gasteiger partial charge in [-0.1, -0.05) is 0 Å². The Morgan fingerprint density at radius 1 is 1.10 bits per heavy atom. The van der Waals surface area contributed by atoms with Gasteiger partial charge in [0.2, 0.25) is 10.0 Å². The van der Waals surface area contributed by atoms with Crippen molar-refractivity contribution in [3.8, 4) is 11.4 Å². The van der Waals surface area contributed by atoms with E-state index in [1.54, 1.807) is 35.0 Å². The molecule has 0 spiro atoms. The number of anilines is 1. The molecule has 0 bridgehead atoms. The van der Waals surface area contributed by atoms with E-state index in [1.165, 1.54) is 28.7 Å². The number of hydrogen-bond donors (Lipinski definition) is 0. The zero-order valence-corrected chi connectivity index (χ0v) is 18.7. The third-order valence-corrected chi connectivity index (χ3v) is 9.08. The van der Waals surface area contributed by atoms with E-state index in [4.69, 9.17) is 9.97 Å². The molecule has 1 fully saturated rings. The van der Waals surface area contributed by atoms with Crippen LogP contribution in [0.25, 0.3) is 21.6 Å². The first-order chi connectivity index (χ1) is 14.6. The van der Waals surface area contributed by atoms with Crippen LogP contribution in [0.3, 0.4) is 0 Å². The molecule has 1 aliphatic heterocycles. The van der Waals surface area contributed by atoms with Crippen LogP contribution in [0.5, 0.6) is 0 Å². The van der Waals surface area contributed by atoms with E-state index in [0.717, 1.165) is 29.1 Å². The van der Waals surface area contributed by atoms with Crippen LogP contribution in [0.4, 0.5) is 5.82 Å². The maximum absolute atomic E-state index is 12.3. The highest BCUT2D eigenvalue weighted by Crippen LogP contribution is 2.41. The number of aryl methyl sites for hydroxylation is 2. The summed E-state index contributed by atoms with van der Waals surface area (Å²) in [6, 6.07) is 3.88. The van der Waals surface area contributed by atoms with Gasteiger partial charge in [-0.05, 0) is 50.3 Å². The van der Waals surface area contributed by atoms with Crippen LogP contribution >= 0.6 is 11.3 Å². The van der Waals surface area contributed by atoms with Gasteiger partial charge in [0.15, 0.2) is 5.82 Å². The van der Waals surface area contributed by atoms with Crippen molar-refractivity contribution in [2.45, 2.75) is 32.6 Å². The summed E-state index contributed by atoms with van der Waals surface area (Å²) in [6.07, 6.45) is 8.16. The molecule has 2 aliphatic rings. The maximum Gasteiger partial charge on any atom is 0.213 e. The monoisotopic (exact) mass is 443 g/mol. The van der Waals surface area contributed by atoms with Crippen LogP contribution in [0.15, 0.2) is 24.5 Å². The van der Waals surface area contributed by atoms with E-state index in [2.05, 4.69) is 9.88 Å². The molecule has 0 aromatic carbocycles. The van der Waals surface area contributed by atoms with Crippen molar-refractivity contribution in [2.75, 3.05) is 36.8 Å². The standard InChI is InChI=1S/C21H25N5O2S2/c1-2-30(27,28)26-12-10-25(11-13-26)20-18-16-7-3-4-8-17(16)29-21(18)24-19(23-20)15-6-5-9-22-14-15/h5-6,9,14H,2-4,7-8,10-13H2,1H3. The van der Waals surface area contributed by atoms with Crippen molar-refractivity contribution in [1.82, 2.24) is 19.3 Å². The largest absolute Gasteiger partial charge is 0.353 e. The van der Waals surface area contributed by atoms with Gasteiger partial charge >= 0.3 is 0 Å². The summed E-state index contributed by atoms with van der Waals surface area (Å²) in [5.74, 6) is 1.79. The number of rotatable bonds is 4. The first kappa shape index (κ1) is 19.8. The van der Waals surface area contributed by atoms with Crippen molar-refractivity contribution in [2.24, 2.45) is 0 Å². The molecule has 0 saturated carbocycles. The lowest BCUT2D eigenvalue weighted by atomic mass is 9.97. The second-order valence-corrected chi connectivity index (χ2v) is 11.1. The minimum absolute atomic E-state index is 0.147. The Morgan fingerprint density at radius 3 is 2.63 bits per heavy atom. The number of hydrogen-bond acceptors (Lipinski definition) is 7. The van der Waals surface area contributed by atoms with Gasteiger partial charge in [0.1, 0.15) is 10.6 Å². The summed E-state index contributed by atoms with van der Waals surface area (Å²) >= 11 is 1.79. The molecule has 3 aromatic heterocycles. The number of fused-ring (bicyclic) bond motifs is 3. The zero-order valence-electron chi connectivity index (χ0n) is 17.0. The number of thiophene rings is 1. The van der Waals surface area contributed by atoms with E-state index in [-0.39, 0.29) is 5.75 Å². The molecule has 1 aliphatic carbocycles. The Labute approximate surface area is 180 Å². The van der Waals surface area contributed by atoms with E-state index in [0.29, 0.717) is 32.0 Å². The Kier molecular flexibility index (Phi) is 5.20. The number of aromatic nitrogens is 3. The van der Waals surface area contributed by atoms with E-state index < -0.39 is 10.0 Å². The van der Waals surface area contributed by atoms with Gasteiger partial charge in [-0.25, -0.2) is 18.4 Å².